The highest BCUT2D eigenvalue weighted by atomic mass is 35.5. The Bertz CT molecular complexity index is 860. The summed E-state index contributed by atoms with van der Waals surface area (Å²) in [6.45, 7) is 1.86. The minimum Gasteiger partial charge on any atom is -0.491 e. The van der Waals surface area contributed by atoms with E-state index >= 15 is 0 Å². The average Bonchev–Trinajstić information content (AvgIpc) is 3.16. The van der Waals surface area contributed by atoms with Crippen LogP contribution in [0.4, 0.5) is 0 Å². The molecule has 0 radical (unpaired) electrons. The maximum absolute atomic E-state index is 12.8. The van der Waals surface area contributed by atoms with Crippen molar-refractivity contribution in [2.45, 2.75) is 6.10 Å². The Morgan fingerprint density at radius 3 is 2.89 bits per heavy atom. The van der Waals surface area contributed by atoms with Crippen LogP contribution in [0.1, 0.15) is 10.4 Å². The van der Waals surface area contributed by atoms with E-state index in [1.54, 1.807) is 35.2 Å². The molecule has 2 heterocycles. The van der Waals surface area contributed by atoms with E-state index in [1.165, 1.54) is 0 Å². The number of morpholine rings is 1. The monoisotopic (exact) mass is 409 g/mol. The molecule has 6 nitrogen and oxygen atoms in total. The molecule has 1 fully saturated rings. The lowest BCUT2D eigenvalue weighted by atomic mass is 10.1. The third-order valence-electron chi connectivity index (χ3n) is 4.36. The maximum Gasteiger partial charge on any atom is 0.255 e. The molecule has 2 aromatic carbocycles. The van der Waals surface area contributed by atoms with E-state index in [0.29, 0.717) is 59.2 Å². The molecule has 27 heavy (non-hydrogen) atoms. The van der Waals surface area contributed by atoms with Gasteiger partial charge in [0.05, 0.1) is 23.7 Å². The first-order valence-corrected chi connectivity index (χ1v) is 9.24. The highest BCUT2D eigenvalue weighted by Gasteiger charge is 2.27. The minimum absolute atomic E-state index is 0.168. The van der Waals surface area contributed by atoms with Crippen molar-refractivity contribution in [3.8, 4) is 17.2 Å². The molecule has 1 atom stereocenters. The molecular formula is C19H17Cl2NO5. The molecule has 8 heteroatoms. The number of hydrogen-bond acceptors (Lipinski definition) is 5. The third kappa shape index (κ3) is 4.08. The van der Waals surface area contributed by atoms with Crippen LogP contribution in [0, 0.1) is 0 Å². The highest BCUT2D eigenvalue weighted by Crippen LogP contribution is 2.35. The van der Waals surface area contributed by atoms with Crippen LogP contribution in [0.5, 0.6) is 17.2 Å². The third-order valence-corrected chi connectivity index (χ3v) is 4.93. The fraction of sp³-hybridized carbons (Fsp3) is 0.316. The van der Waals surface area contributed by atoms with Crippen molar-refractivity contribution >= 4 is 29.1 Å². The molecule has 1 amide bonds. The van der Waals surface area contributed by atoms with Gasteiger partial charge in [-0.2, -0.15) is 0 Å². The first-order chi connectivity index (χ1) is 13.1. The second kappa shape index (κ2) is 7.84. The zero-order valence-electron chi connectivity index (χ0n) is 14.3. The number of rotatable bonds is 4. The van der Waals surface area contributed by atoms with Crippen molar-refractivity contribution < 1.29 is 23.7 Å². The van der Waals surface area contributed by atoms with E-state index < -0.39 is 0 Å². The fourth-order valence-corrected chi connectivity index (χ4v) is 3.36. The van der Waals surface area contributed by atoms with Crippen molar-refractivity contribution in [3.05, 3.63) is 52.0 Å². The van der Waals surface area contributed by atoms with Crippen molar-refractivity contribution in [2.24, 2.45) is 0 Å². The summed E-state index contributed by atoms with van der Waals surface area (Å²) in [5, 5.41) is 0.850. The van der Waals surface area contributed by atoms with Gasteiger partial charge >= 0.3 is 0 Å². The molecule has 0 aliphatic carbocycles. The predicted octanol–water partition coefficient (Wildman–Crippen LogP) is 3.64. The number of ether oxygens (including phenoxy) is 4. The molecule has 142 valence electrons. The van der Waals surface area contributed by atoms with Crippen LogP contribution < -0.4 is 14.2 Å². The van der Waals surface area contributed by atoms with Crippen molar-refractivity contribution in [3.63, 3.8) is 0 Å². The van der Waals surface area contributed by atoms with Gasteiger partial charge in [0.2, 0.25) is 6.79 Å². The second-order valence-electron chi connectivity index (χ2n) is 6.19. The summed E-state index contributed by atoms with van der Waals surface area (Å²) in [5.74, 6) is 1.85. The van der Waals surface area contributed by atoms with Crippen LogP contribution in [0.25, 0.3) is 0 Å². The van der Waals surface area contributed by atoms with Crippen molar-refractivity contribution in [2.75, 3.05) is 33.1 Å². The van der Waals surface area contributed by atoms with Crippen LogP contribution in [-0.4, -0.2) is 50.0 Å². The van der Waals surface area contributed by atoms with Gasteiger partial charge < -0.3 is 23.8 Å². The summed E-state index contributed by atoms with van der Waals surface area (Å²) in [5.41, 5.74) is 0.390. The number of hydrogen-bond donors (Lipinski definition) is 0. The van der Waals surface area contributed by atoms with E-state index in [4.69, 9.17) is 42.1 Å². The van der Waals surface area contributed by atoms with Crippen molar-refractivity contribution in [1.29, 1.82) is 0 Å². The van der Waals surface area contributed by atoms with Crippen molar-refractivity contribution in [1.82, 2.24) is 4.90 Å². The van der Waals surface area contributed by atoms with Gasteiger partial charge in [-0.25, -0.2) is 0 Å². The fourth-order valence-electron chi connectivity index (χ4n) is 2.99. The van der Waals surface area contributed by atoms with Gasteiger partial charge in [-0.15, -0.1) is 0 Å². The molecule has 1 saturated heterocycles. The molecule has 0 spiro atoms. The standard InChI is InChI=1S/C19H17Cl2NO5/c20-12-1-3-16(21)15(7-12)19(23)22-5-6-24-14(9-22)10-25-13-2-4-17-18(8-13)27-11-26-17/h1-4,7-8,14H,5-6,9-11H2. The van der Waals surface area contributed by atoms with Crippen LogP contribution in [0.3, 0.4) is 0 Å². The molecule has 0 bridgehead atoms. The van der Waals surface area contributed by atoms with E-state index in [9.17, 15) is 4.79 Å². The van der Waals surface area contributed by atoms with Crippen LogP contribution in [0.2, 0.25) is 10.0 Å². The summed E-state index contributed by atoms with van der Waals surface area (Å²) in [7, 11) is 0. The quantitative estimate of drug-likeness (QED) is 0.771. The number of amides is 1. The second-order valence-corrected chi connectivity index (χ2v) is 7.04. The summed E-state index contributed by atoms with van der Waals surface area (Å²) in [6.07, 6.45) is -0.244. The Labute approximate surface area is 166 Å². The normalized spacial score (nSPS) is 18.4. The summed E-state index contributed by atoms with van der Waals surface area (Å²) < 4.78 is 22.2. The zero-order valence-corrected chi connectivity index (χ0v) is 15.8. The lowest BCUT2D eigenvalue weighted by molar-refractivity contribution is -0.0401. The molecule has 2 aromatic rings. The number of carbonyl (C=O) groups is 1. The first-order valence-electron chi connectivity index (χ1n) is 8.48. The average molecular weight is 410 g/mol. The van der Waals surface area contributed by atoms with Gasteiger partial charge in [0.1, 0.15) is 18.5 Å². The summed E-state index contributed by atoms with van der Waals surface area (Å²) in [6, 6.07) is 10.3. The van der Waals surface area contributed by atoms with Crippen LogP contribution in [0.15, 0.2) is 36.4 Å². The van der Waals surface area contributed by atoms with Gasteiger partial charge in [0.15, 0.2) is 11.5 Å². The molecule has 0 N–H and O–H groups in total. The molecule has 2 aliphatic heterocycles. The van der Waals surface area contributed by atoms with Gasteiger partial charge in [-0.3, -0.25) is 4.79 Å². The zero-order chi connectivity index (χ0) is 18.8. The number of fused-ring (bicyclic) bond motifs is 1. The van der Waals surface area contributed by atoms with Crippen LogP contribution in [-0.2, 0) is 4.74 Å². The molecule has 0 saturated carbocycles. The number of carbonyl (C=O) groups excluding carboxylic acids is 1. The smallest absolute Gasteiger partial charge is 0.255 e. The maximum atomic E-state index is 12.8. The van der Waals surface area contributed by atoms with E-state index in [1.807, 2.05) is 6.07 Å². The lowest BCUT2D eigenvalue weighted by Crippen LogP contribution is -2.47. The van der Waals surface area contributed by atoms with Gasteiger partial charge in [-0.05, 0) is 30.3 Å². The van der Waals surface area contributed by atoms with Gasteiger partial charge in [-0.1, -0.05) is 23.2 Å². The van der Waals surface area contributed by atoms with E-state index in [-0.39, 0.29) is 18.8 Å². The topological polar surface area (TPSA) is 57.2 Å². The largest absolute Gasteiger partial charge is 0.491 e. The molecule has 1 unspecified atom stereocenters. The Hall–Kier alpha value is -2.15. The lowest BCUT2D eigenvalue weighted by Gasteiger charge is -2.33. The summed E-state index contributed by atoms with van der Waals surface area (Å²) in [4.78, 5) is 14.5. The molecule has 4 rings (SSSR count). The molecular weight excluding hydrogens is 393 g/mol. The number of nitrogens with zero attached hydrogens (tertiary/aromatic N) is 1. The summed E-state index contributed by atoms with van der Waals surface area (Å²) >= 11 is 12.1. The molecule has 0 aromatic heterocycles. The predicted molar refractivity (Wildman–Crippen MR) is 100 cm³/mol. The minimum atomic E-state index is -0.244. The number of halogens is 2. The van der Waals surface area contributed by atoms with E-state index in [2.05, 4.69) is 0 Å². The number of benzene rings is 2. The Kier molecular flexibility index (Phi) is 5.29. The van der Waals surface area contributed by atoms with Gasteiger partial charge in [0.25, 0.3) is 5.91 Å². The molecule has 2 aliphatic rings. The van der Waals surface area contributed by atoms with Crippen LogP contribution >= 0.6 is 23.2 Å². The Morgan fingerprint density at radius 1 is 1.15 bits per heavy atom. The Morgan fingerprint density at radius 2 is 2.00 bits per heavy atom. The SMILES string of the molecule is O=C(c1cc(Cl)ccc1Cl)N1CCOC(COc2ccc3c(c2)OCO3)C1. The van der Waals surface area contributed by atoms with E-state index in [0.717, 1.165) is 0 Å². The Balaban J connectivity index is 1.38. The highest BCUT2D eigenvalue weighted by molar-refractivity contribution is 6.35. The van der Waals surface area contributed by atoms with Gasteiger partial charge in [0, 0.05) is 17.6 Å². The first kappa shape index (κ1) is 18.2.